The number of nitrogens with zero attached hydrogens (tertiary/aromatic N) is 1. The van der Waals surface area contributed by atoms with Gasteiger partial charge in [0.1, 0.15) is 5.75 Å². The highest BCUT2D eigenvalue weighted by molar-refractivity contribution is 5.86. The molecule has 2 nitrogen and oxygen atoms in total. The molecule has 5 heteroatoms. The van der Waals surface area contributed by atoms with Crippen molar-refractivity contribution in [2.45, 2.75) is 38.9 Å². The molecule has 0 saturated heterocycles. The van der Waals surface area contributed by atoms with E-state index in [0.717, 1.165) is 23.1 Å². The van der Waals surface area contributed by atoms with E-state index in [1.54, 1.807) is 0 Å². The molecule has 2 rings (SSSR count). The van der Waals surface area contributed by atoms with Crippen molar-refractivity contribution < 1.29 is 17.9 Å². The predicted octanol–water partition coefficient (Wildman–Crippen LogP) is 4.77. The Labute approximate surface area is 116 Å². The molecule has 0 spiro atoms. The quantitative estimate of drug-likeness (QED) is 0.745. The summed E-state index contributed by atoms with van der Waals surface area (Å²) in [5.74, 6) is 0.791. The van der Waals surface area contributed by atoms with Gasteiger partial charge >= 0.3 is 6.18 Å². The number of aromatic nitrogens is 1. The van der Waals surface area contributed by atoms with Crippen LogP contribution >= 0.6 is 0 Å². The Morgan fingerprint density at radius 3 is 2.70 bits per heavy atom. The molecule has 20 heavy (non-hydrogen) atoms. The highest BCUT2D eigenvalue weighted by atomic mass is 19.4. The van der Waals surface area contributed by atoms with Gasteiger partial charge in [0.2, 0.25) is 0 Å². The Kier molecular flexibility index (Phi) is 4.57. The number of hydrogen-bond acceptors (Lipinski definition) is 1. The van der Waals surface area contributed by atoms with E-state index in [1.165, 1.54) is 0 Å². The molecule has 0 unspecified atom stereocenters. The summed E-state index contributed by atoms with van der Waals surface area (Å²) in [6.07, 6.45) is -2.01. The van der Waals surface area contributed by atoms with Crippen molar-refractivity contribution in [1.82, 2.24) is 4.57 Å². The van der Waals surface area contributed by atoms with Crippen LogP contribution in [0.1, 0.15) is 26.2 Å². The van der Waals surface area contributed by atoms with Crippen LogP contribution in [0.4, 0.5) is 13.2 Å². The fourth-order valence-electron chi connectivity index (χ4n) is 2.18. The van der Waals surface area contributed by atoms with Crippen LogP contribution in [0.15, 0.2) is 30.5 Å². The van der Waals surface area contributed by atoms with Crippen molar-refractivity contribution >= 4 is 10.9 Å². The maximum absolute atomic E-state index is 12.2. The Bertz CT molecular complexity index is 560. The summed E-state index contributed by atoms with van der Waals surface area (Å²) in [5.41, 5.74) is 0.917. The van der Waals surface area contributed by atoms with Crippen molar-refractivity contribution in [3.8, 4) is 5.75 Å². The van der Waals surface area contributed by atoms with E-state index in [2.05, 4.69) is 0 Å². The standard InChI is InChI=1S/C15H18F3NO/c1-2-11-20-14-6-3-5-13-12(14)7-10-19(13)9-4-8-15(16,17)18/h3,5-7,10H,2,4,8-9,11H2,1H3. The first kappa shape index (κ1) is 14.8. The lowest BCUT2D eigenvalue weighted by Gasteiger charge is -2.09. The molecule has 110 valence electrons. The van der Waals surface area contributed by atoms with Gasteiger partial charge in [-0.05, 0) is 31.0 Å². The molecule has 0 aliphatic carbocycles. The van der Waals surface area contributed by atoms with Gasteiger partial charge in [-0.25, -0.2) is 0 Å². The smallest absolute Gasteiger partial charge is 0.389 e. The first-order valence-electron chi connectivity index (χ1n) is 6.78. The van der Waals surface area contributed by atoms with E-state index >= 15 is 0 Å². The first-order valence-corrected chi connectivity index (χ1v) is 6.78. The minimum atomic E-state index is -4.08. The molecular formula is C15H18F3NO. The van der Waals surface area contributed by atoms with Gasteiger partial charge in [0.05, 0.1) is 12.1 Å². The summed E-state index contributed by atoms with van der Waals surface area (Å²) in [6.45, 7) is 3.03. The summed E-state index contributed by atoms with van der Waals surface area (Å²) in [7, 11) is 0. The van der Waals surface area contributed by atoms with E-state index in [4.69, 9.17) is 4.74 Å². The predicted molar refractivity (Wildman–Crippen MR) is 73.0 cm³/mol. The summed E-state index contributed by atoms with van der Waals surface area (Å²) in [5, 5.41) is 0.952. The van der Waals surface area contributed by atoms with Gasteiger partial charge in [0.15, 0.2) is 0 Å². The van der Waals surface area contributed by atoms with E-state index in [-0.39, 0.29) is 6.42 Å². The SMILES string of the molecule is CCCOc1cccc2c1ccn2CCCC(F)(F)F. The lowest BCUT2D eigenvalue weighted by Crippen LogP contribution is -2.08. The van der Waals surface area contributed by atoms with Crippen molar-refractivity contribution in [3.05, 3.63) is 30.5 Å². The molecule has 0 radical (unpaired) electrons. The van der Waals surface area contributed by atoms with Gasteiger partial charge in [0, 0.05) is 24.5 Å². The molecule has 1 heterocycles. The number of aryl methyl sites for hydroxylation is 1. The monoisotopic (exact) mass is 285 g/mol. The van der Waals surface area contributed by atoms with E-state index in [0.29, 0.717) is 13.2 Å². The minimum Gasteiger partial charge on any atom is -0.493 e. The number of hydrogen-bond donors (Lipinski definition) is 0. The number of halogens is 3. The largest absolute Gasteiger partial charge is 0.493 e. The number of rotatable bonds is 6. The Morgan fingerprint density at radius 1 is 1.20 bits per heavy atom. The van der Waals surface area contributed by atoms with Gasteiger partial charge in [-0.15, -0.1) is 0 Å². The molecule has 1 aromatic carbocycles. The Balaban J connectivity index is 2.11. The fraction of sp³-hybridized carbons (Fsp3) is 0.467. The van der Waals surface area contributed by atoms with Crippen LogP contribution in [0.2, 0.25) is 0 Å². The van der Waals surface area contributed by atoms with E-state index in [9.17, 15) is 13.2 Å². The van der Waals surface area contributed by atoms with Crippen LogP contribution in [-0.2, 0) is 6.54 Å². The summed E-state index contributed by atoms with van der Waals surface area (Å²) >= 11 is 0. The van der Waals surface area contributed by atoms with Crippen molar-refractivity contribution in [3.63, 3.8) is 0 Å². The van der Waals surface area contributed by atoms with Crippen LogP contribution < -0.4 is 4.74 Å². The first-order chi connectivity index (χ1) is 9.51. The summed E-state index contributed by atoms with van der Waals surface area (Å²) < 4.78 is 44.0. The van der Waals surface area contributed by atoms with Crippen LogP contribution in [0.3, 0.4) is 0 Å². The maximum atomic E-state index is 12.2. The molecule has 0 amide bonds. The van der Waals surface area contributed by atoms with Gasteiger partial charge in [-0.3, -0.25) is 0 Å². The molecule has 0 saturated carbocycles. The van der Waals surface area contributed by atoms with Gasteiger partial charge < -0.3 is 9.30 Å². The molecular weight excluding hydrogens is 267 g/mol. The maximum Gasteiger partial charge on any atom is 0.389 e. The zero-order valence-corrected chi connectivity index (χ0v) is 11.4. The second kappa shape index (κ2) is 6.20. The molecule has 0 aliphatic heterocycles. The molecule has 2 aromatic rings. The van der Waals surface area contributed by atoms with Crippen molar-refractivity contribution in [1.29, 1.82) is 0 Å². The van der Waals surface area contributed by atoms with Gasteiger partial charge in [0.25, 0.3) is 0 Å². The minimum absolute atomic E-state index is 0.0906. The molecule has 0 fully saturated rings. The number of ether oxygens (including phenoxy) is 1. The van der Waals surface area contributed by atoms with Crippen LogP contribution in [-0.4, -0.2) is 17.4 Å². The zero-order valence-electron chi connectivity index (χ0n) is 11.4. The van der Waals surface area contributed by atoms with Crippen LogP contribution in [0, 0.1) is 0 Å². The zero-order chi connectivity index (χ0) is 14.6. The second-order valence-corrected chi connectivity index (χ2v) is 4.77. The van der Waals surface area contributed by atoms with Crippen LogP contribution in [0.25, 0.3) is 10.9 Å². The van der Waals surface area contributed by atoms with Crippen LogP contribution in [0.5, 0.6) is 5.75 Å². The lowest BCUT2D eigenvalue weighted by atomic mass is 10.2. The molecule has 0 bridgehead atoms. The fourth-order valence-corrected chi connectivity index (χ4v) is 2.18. The van der Waals surface area contributed by atoms with E-state index < -0.39 is 12.6 Å². The topological polar surface area (TPSA) is 14.2 Å². The van der Waals surface area contributed by atoms with Gasteiger partial charge in [-0.1, -0.05) is 13.0 Å². The Morgan fingerprint density at radius 2 is 2.00 bits per heavy atom. The van der Waals surface area contributed by atoms with Crippen molar-refractivity contribution in [2.24, 2.45) is 0 Å². The molecule has 0 N–H and O–H groups in total. The molecule has 1 aromatic heterocycles. The Hall–Kier alpha value is -1.65. The van der Waals surface area contributed by atoms with E-state index in [1.807, 2.05) is 42.0 Å². The van der Waals surface area contributed by atoms with Gasteiger partial charge in [-0.2, -0.15) is 13.2 Å². The highest BCUT2D eigenvalue weighted by Gasteiger charge is 2.26. The molecule has 0 aliphatic rings. The third-order valence-corrected chi connectivity index (χ3v) is 3.09. The average Bonchev–Trinajstić information content (AvgIpc) is 2.79. The summed E-state index contributed by atoms with van der Waals surface area (Å²) in [4.78, 5) is 0. The number of alkyl halides is 3. The number of benzene rings is 1. The number of fused-ring (bicyclic) bond motifs is 1. The third kappa shape index (κ3) is 3.68. The lowest BCUT2D eigenvalue weighted by molar-refractivity contribution is -0.135. The molecule has 0 atom stereocenters. The average molecular weight is 285 g/mol. The third-order valence-electron chi connectivity index (χ3n) is 3.09. The summed E-state index contributed by atoms with van der Waals surface area (Å²) in [6, 6.07) is 7.56. The normalized spacial score (nSPS) is 12.0. The van der Waals surface area contributed by atoms with Crippen molar-refractivity contribution in [2.75, 3.05) is 6.61 Å². The second-order valence-electron chi connectivity index (χ2n) is 4.77. The highest BCUT2D eigenvalue weighted by Crippen LogP contribution is 2.28.